The van der Waals surface area contributed by atoms with Crippen molar-refractivity contribution >= 4 is 41.6 Å². The summed E-state index contributed by atoms with van der Waals surface area (Å²) in [6.07, 6.45) is 3.06. The van der Waals surface area contributed by atoms with Gasteiger partial charge in [-0.15, -0.1) is 11.3 Å². The lowest BCUT2D eigenvalue weighted by molar-refractivity contribution is 0.114. The first kappa shape index (κ1) is 23.8. The van der Waals surface area contributed by atoms with Gasteiger partial charge in [-0.3, -0.25) is 0 Å². The Morgan fingerprint density at radius 3 is 2.35 bits per heavy atom. The fraction of sp³-hybridized carbons (Fsp3) is 0.435. The fourth-order valence-corrected chi connectivity index (χ4v) is 8.11. The summed E-state index contributed by atoms with van der Waals surface area (Å²) in [5.41, 5.74) is 0.984. The van der Waals surface area contributed by atoms with Gasteiger partial charge in [-0.05, 0) is 62.1 Å². The van der Waals surface area contributed by atoms with Gasteiger partial charge in [0.1, 0.15) is 0 Å². The first-order chi connectivity index (χ1) is 16.3. The molecule has 0 radical (unpaired) electrons. The summed E-state index contributed by atoms with van der Waals surface area (Å²) in [6, 6.07) is 13.4. The van der Waals surface area contributed by atoms with Crippen LogP contribution < -0.4 is 4.72 Å². The van der Waals surface area contributed by atoms with E-state index in [-0.39, 0.29) is 28.4 Å². The number of thiazole rings is 1. The highest BCUT2D eigenvalue weighted by atomic mass is 32.2. The van der Waals surface area contributed by atoms with Crippen molar-refractivity contribution in [3.8, 4) is 0 Å². The first-order valence-electron chi connectivity index (χ1n) is 11.4. The summed E-state index contributed by atoms with van der Waals surface area (Å²) >= 11 is 1.67. The Balaban J connectivity index is 1.23. The van der Waals surface area contributed by atoms with Crippen LogP contribution in [0.5, 0.6) is 0 Å². The molecular formula is C23H27N3O5S3. The molecule has 2 aliphatic rings. The highest BCUT2D eigenvalue weighted by Crippen LogP contribution is 2.35. The number of hydrogen-bond donors (Lipinski definition) is 1. The van der Waals surface area contributed by atoms with Crippen LogP contribution in [-0.4, -0.2) is 58.5 Å². The van der Waals surface area contributed by atoms with E-state index in [1.54, 1.807) is 11.3 Å². The Bertz CT molecular complexity index is 1320. The maximum Gasteiger partial charge on any atom is 0.243 e. The minimum absolute atomic E-state index is 0.0407. The Morgan fingerprint density at radius 1 is 0.971 bits per heavy atom. The molecule has 0 saturated carbocycles. The minimum Gasteiger partial charge on any atom is -0.377 e. The molecule has 2 fully saturated rings. The molecule has 2 saturated heterocycles. The number of fused-ring (bicyclic) bond motifs is 1. The largest absolute Gasteiger partial charge is 0.377 e. The van der Waals surface area contributed by atoms with E-state index in [1.165, 1.54) is 28.6 Å². The smallest absolute Gasteiger partial charge is 0.243 e. The van der Waals surface area contributed by atoms with E-state index >= 15 is 0 Å². The summed E-state index contributed by atoms with van der Waals surface area (Å²) < 4.78 is 62.1. The van der Waals surface area contributed by atoms with Crippen molar-refractivity contribution in [2.45, 2.75) is 47.5 Å². The maximum absolute atomic E-state index is 13.2. The lowest BCUT2D eigenvalue weighted by atomic mass is 9.99. The Labute approximate surface area is 204 Å². The zero-order valence-electron chi connectivity index (χ0n) is 18.6. The van der Waals surface area contributed by atoms with Crippen molar-refractivity contribution < 1.29 is 21.6 Å². The van der Waals surface area contributed by atoms with Crippen LogP contribution in [0.3, 0.4) is 0 Å². The van der Waals surface area contributed by atoms with E-state index in [0.717, 1.165) is 28.1 Å². The van der Waals surface area contributed by atoms with Crippen LogP contribution in [0.4, 0.5) is 0 Å². The van der Waals surface area contributed by atoms with Crippen molar-refractivity contribution in [2.75, 3.05) is 26.2 Å². The van der Waals surface area contributed by atoms with Crippen LogP contribution in [0.25, 0.3) is 10.2 Å². The number of benzene rings is 2. The Hall–Kier alpha value is -1.89. The molecule has 2 aliphatic heterocycles. The van der Waals surface area contributed by atoms with Crippen LogP contribution in [0.2, 0.25) is 0 Å². The quantitative estimate of drug-likeness (QED) is 0.511. The third-order valence-electron chi connectivity index (χ3n) is 6.41. The second kappa shape index (κ2) is 9.63. The summed E-state index contributed by atoms with van der Waals surface area (Å²) in [7, 11) is -7.43. The highest BCUT2D eigenvalue weighted by Gasteiger charge is 2.31. The molecule has 1 atom stereocenters. The van der Waals surface area contributed by atoms with E-state index in [2.05, 4.69) is 10.8 Å². The lowest BCUT2D eigenvalue weighted by Crippen LogP contribution is -2.37. The maximum atomic E-state index is 13.2. The molecule has 0 bridgehead atoms. The van der Waals surface area contributed by atoms with Gasteiger partial charge in [0, 0.05) is 32.2 Å². The third kappa shape index (κ3) is 4.91. The lowest BCUT2D eigenvalue weighted by Gasteiger charge is -2.30. The Kier molecular flexibility index (Phi) is 6.75. The van der Waals surface area contributed by atoms with Gasteiger partial charge in [-0.1, -0.05) is 12.1 Å². The van der Waals surface area contributed by atoms with E-state index in [9.17, 15) is 16.8 Å². The van der Waals surface area contributed by atoms with Gasteiger partial charge < -0.3 is 4.74 Å². The number of nitrogens with one attached hydrogen (secondary N) is 1. The molecule has 1 N–H and O–H groups in total. The molecular weight excluding hydrogens is 494 g/mol. The van der Waals surface area contributed by atoms with Gasteiger partial charge in [0.15, 0.2) is 0 Å². The zero-order valence-corrected chi connectivity index (χ0v) is 21.0. The van der Waals surface area contributed by atoms with E-state index < -0.39 is 20.0 Å². The van der Waals surface area contributed by atoms with Gasteiger partial charge in [0.25, 0.3) is 0 Å². The molecule has 0 aliphatic carbocycles. The SMILES string of the molecule is O=S(=O)(NC[C@@H]1CCCO1)c1ccc(S(=O)(=O)N2CCC(c3nc4ccccc4s3)CC2)cc1. The minimum atomic E-state index is -3.73. The summed E-state index contributed by atoms with van der Waals surface area (Å²) in [6.45, 7) is 1.68. The van der Waals surface area contributed by atoms with Crippen LogP contribution in [0, 0.1) is 0 Å². The molecule has 0 unspecified atom stereocenters. The first-order valence-corrected chi connectivity index (χ1v) is 15.1. The number of sulfonamides is 2. The second-order valence-corrected chi connectivity index (χ2v) is 13.4. The predicted octanol–water partition coefficient (Wildman–Crippen LogP) is 3.32. The monoisotopic (exact) mass is 521 g/mol. The van der Waals surface area contributed by atoms with Gasteiger partial charge in [-0.2, -0.15) is 4.31 Å². The van der Waals surface area contributed by atoms with Gasteiger partial charge in [0.05, 0.1) is 31.1 Å². The normalized spacial score (nSPS) is 20.8. The number of nitrogens with zero attached hydrogens (tertiary/aromatic N) is 2. The van der Waals surface area contributed by atoms with Gasteiger partial charge >= 0.3 is 0 Å². The highest BCUT2D eigenvalue weighted by molar-refractivity contribution is 7.89. The molecule has 5 rings (SSSR count). The molecule has 3 aromatic rings. The molecule has 182 valence electrons. The summed E-state index contributed by atoms with van der Waals surface area (Å²) in [4.78, 5) is 4.88. The number of rotatable bonds is 7. The zero-order chi connectivity index (χ0) is 23.8. The van der Waals surface area contributed by atoms with Crippen molar-refractivity contribution in [2.24, 2.45) is 0 Å². The molecule has 8 nitrogen and oxygen atoms in total. The van der Waals surface area contributed by atoms with Crippen LogP contribution in [0.15, 0.2) is 58.3 Å². The molecule has 0 amide bonds. The molecule has 3 heterocycles. The molecule has 2 aromatic carbocycles. The van der Waals surface area contributed by atoms with Crippen molar-refractivity contribution in [1.29, 1.82) is 0 Å². The van der Waals surface area contributed by atoms with Crippen molar-refractivity contribution in [1.82, 2.24) is 14.0 Å². The van der Waals surface area contributed by atoms with E-state index in [0.29, 0.717) is 32.5 Å². The van der Waals surface area contributed by atoms with Crippen molar-refractivity contribution in [3.05, 3.63) is 53.5 Å². The topological polar surface area (TPSA) is 106 Å². The predicted molar refractivity (Wildman–Crippen MR) is 131 cm³/mol. The molecule has 34 heavy (non-hydrogen) atoms. The van der Waals surface area contributed by atoms with Crippen LogP contribution in [0.1, 0.15) is 36.6 Å². The fourth-order valence-electron chi connectivity index (χ4n) is 4.44. The van der Waals surface area contributed by atoms with Gasteiger partial charge in [-0.25, -0.2) is 26.5 Å². The summed E-state index contributed by atoms with van der Waals surface area (Å²) in [5, 5.41) is 1.06. The molecule has 1 aromatic heterocycles. The van der Waals surface area contributed by atoms with E-state index in [4.69, 9.17) is 9.72 Å². The van der Waals surface area contributed by atoms with Gasteiger partial charge in [0.2, 0.25) is 20.0 Å². The second-order valence-electron chi connectivity index (χ2n) is 8.66. The van der Waals surface area contributed by atoms with Crippen LogP contribution >= 0.6 is 11.3 Å². The standard InChI is InChI=1S/C23H27N3O5S3/c27-33(28,24-16-18-4-3-15-31-18)19-7-9-20(10-8-19)34(29,30)26-13-11-17(12-14-26)23-25-21-5-1-2-6-22(21)32-23/h1-2,5-10,17-18,24H,3-4,11-16H2/t18-/m0/s1. The van der Waals surface area contributed by atoms with Crippen molar-refractivity contribution in [3.63, 3.8) is 0 Å². The average Bonchev–Trinajstić information content (AvgIpc) is 3.53. The molecule has 0 spiro atoms. The molecule has 11 heteroatoms. The van der Waals surface area contributed by atoms with Crippen LogP contribution in [-0.2, 0) is 24.8 Å². The average molecular weight is 522 g/mol. The van der Waals surface area contributed by atoms with E-state index in [1.807, 2.05) is 18.2 Å². The number of para-hydroxylation sites is 1. The number of hydrogen-bond acceptors (Lipinski definition) is 7. The number of piperidine rings is 1. The summed E-state index contributed by atoms with van der Waals surface area (Å²) in [5.74, 6) is 0.242. The number of ether oxygens (including phenoxy) is 1. The third-order valence-corrected chi connectivity index (χ3v) is 11.0. The Morgan fingerprint density at radius 2 is 1.68 bits per heavy atom. The number of aromatic nitrogens is 1.